The molecule has 0 unspecified atom stereocenters. The molecule has 8 aromatic rings. The third-order valence-corrected chi connectivity index (χ3v) is 13.8. The van der Waals surface area contributed by atoms with Crippen molar-refractivity contribution >= 4 is 102 Å². The van der Waals surface area contributed by atoms with Gasteiger partial charge in [0.1, 0.15) is 0 Å². The van der Waals surface area contributed by atoms with Crippen LogP contribution in [0.1, 0.15) is 9.75 Å². The van der Waals surface area contributed by atoms with Gasteiger partial charge in [0.05, 0.1) is 31.9 Å². The number of hydrogen-bond acceptors (Lipinski definition) is 8. The fraction of sp³-hybridized carbons (Fsp3) is 0. The van der Waals surface area contributed by atoms with Gasteiger partial charge >= 0.3 is 0 Å². The van der Waals surface area contributed by atoms with Gasteiger partial charge in [-0.05, 0) is 47.2 Å². The molecule has 8 rings (SSSR count). The van der Waals surface area contributed by atoms with Gasteiger partial charge in [0.2, 0.25) is 0 Å². The lowest BCUT2D eigenvalue weighted by atomic mass is 10.1. The van der Waals surface area contributed by atoms with E-state index in [1.54, 1.807) is 45.3 Å². The van der Waals surface area contributed by atoms with Crippen LogP contribution in [0, 0.1) is 0 Å². The summed E-state index contributed by atoms with van der Waals surface area (Å²) in [6.45, 7) is 0. The van der Waals surface area contributed by atoms with Crippen molar-refractivity contribution in [1.82, 2.24) is 0 Å². The van der Waals surface area contributed by atoms with Crippen molar-refractivity contribution in [3.05, 3.63) is 118 Å². The zero-order chi connectivity index (χ0) is 27.9. The molecular formula is C34H20N2S6. The first-order valence-electron chi connectivity index (χ1n) is 13.2. The van der Waals surface area contributed by atoms with Crippen LogP contribution in [0.3, 0.4) is 0 Å². The number of rotatable bonds is 7. The Labute approximate surface area is 266 Å². The van der Waals surface area contributed by atoms with Gasteiger partial charge < -0.3 is 0 Å². The summed E-state index contributed by atoms with van der Waals surface area (Å²) in [6.07, 6.45) is 3.71. The monoisotopic (exact) mass is 648 g/mol. The molecule has 0 saturated carbocycles. The van der Waals surface area contributed by atoms with Crippen molar-refractivity contribution in [2.75, 3.05) is 0 Å². The van der Waals surface area contributed by atoms with Gasteiger partial charge in [0, 0.05) is 50.8 Å². The van der Waals surface area contributed by atoms with Crippen LogP contribution in [-0.4, -0.2) is 12.4 Å². The molecular weight excluding hydrogens is 629 g/mol. The third-order valence-electron chi connectivity index (χ3n) is 6.87. The second-order valence-corrected chi connectivity index (χ2v) is 15.6. The maximum atomic E-state index is 4.39. The van der Waals surface area contributed by atoms with Crippen molar-refractivity contribution in [2.24, 2.45) is 10.2 Å². The zero-order valence-corrected chi connectivity index (χ0v) is 26.8. The quantitative estimate of drug-likeness (QED) is 0.121. The second-order valence-electron chi connectivity index (χ2n) is 9.46. The van der Waals surface area contributed by atoms with E-state index >= 15 is 0 Å². The van der Waals surface area contributed by atoms with Gasteiger partial charge in [0.15, 0.2) is 0 Å². The van der Waals surface area contributed by atoms with E-state index in [1.807, 2.05) is 35.1 Å². The first-order valence-corrected chi connectivity index (χ1v) is 18.2. The van der Waals surface area contributed by atoms with Crippen LogP contribution in [0.2, 0.25) is 0 Å². The fourth-order valence-corrected chi connectivity index (χ4v) is 11.3. The molecule has 0 aliphatic heterocycles. The highest BCUT2D eigenvalue weighted by molar-refractivity contribution is 7.28. The summed E-state index contributed by atoms with van der Waals surface area (Å²) in [5.41, 5.74) is 0. The predicted octanol–water partition coefficient (Wildman–Crippen LogP) is 12.5. The Bertz CT molecular complexity index is 2040. The molecule has 42 heavy (non-hydrogen) atoms. The molecule has 202 valence electrons. The molecule has 2 nitrogen and oxygen atoms in total. The highest BCUT2D eigenvalue weighted by atomic mass is 32.1. The predicted molar refractivity (Wildman–Crippen MR) is 192 cm³/mol. The van der Waals surface area contributed by atoms with E-state index in [0.717, 1.165) is 9.75 Å². The highest BCUT2D eigenvalue weighted by Crippen LogP contribution is 2.48. The zero-order valence-electron chi connectivity index (χ0n) is 21.9. The van der Waals surface area contributed by atoms with Crippen LogP contribution in [0.4, 0.5) is 0 Å². The Morgan fingerprint density at radius 1 is 0.381 bits per heavy atom. The molecule has 0 aliphatic carbocycles. The molecule has 0 N–H and O–H groups in total. The summed E-state index contributed by atoms with van der Waals surface area (Å²) < 4.78 is 0. The standard InChI is InChI=1S/C34H20N2S6/c1-3-9-25-23(7-1)31(27-11-5-17-37-27)41-33(25)29-15-13-21(39-29)19-35-36-20-22-14-16-30(40-22)34-26-10-4-2-8-24(26)32(42-34)28-12-6-18-38-28/h1-20H/b35-19+,36-20+. The Kier molecular flexibility index (Phi) is 7.03. The van der Waals surface area contributed by atoms with Gasteiger partial charge in [-0.1, -0.05) is 60.7 Å². The van der Waals surface area contributed by atoms with Crippen molar-refractivity contribution in [3.63, 3.8) is 0 Å². The Morgan fingerprint density at radius 3 is 1.17 bits per heavy atom. The maximum Gasteiger partial charge on any atom is 0.0668 e. The lowest BCUT2D eigenvalue weighted by Crippen LogP contribution is -1.72. The van der Waals surface area contributed by atoms with E-state index in [2.05, 4.69) is 118 Å². The lowest BCUT2D eigenvalue weighted by molar-refractivity contribution is 1.27. The Hall–Kier alpha value is -3.50. The largest absolute Gasteiger partial charge is 0.158 e. The fourth-order valence-electron chi connectivity index (χ4n) is 5.00. The topological polar surface area (TPSA) is 24.7 Å². The average molecular weight is 649 g/mol. The van der Waals surface area contributed by atoms with Crippen LogP contribution in [0.5, 0.6) is 0 Å². The number of thiophene rings is 6. The van der Waals surface area contributed by atoms with Crippen LogP contribution in [-0.2, 0) is 0 Å². The number of fused-ring (bicyclic) bond motifs is 2. The van der Waals surface area contributed by atoms with E-state index in [1.165, 1.54) is 60.6 Å². The molecule has 0 bridgehead atoms. The summed E-state index contributed by atoms with van der Waals surface area (Å²) in [5.74, 6) is 0. The number of nitrogens with zero attached hydrogens (tertiary/aromatic N) is 2. The molecule has 6 heterocycles. The molecule has 0 spiro atoms. The normalized spacial score (nSPS) is 12.1. The van der Waals surface area contributed by atoms with E-state index in [-0.39, 0.29) is 0 Å². The van der Waals surface area contributed by atoms with Crippen LogP contribution >= 0.6 is 68.0 Å². The Balaban J connectivity index is 1.02. The summed E-state index contributed by atoms with van der Waals surface area (Å²) in [5, 5.41) is 18.3. The summed E-state index contributed by atoms with van der Waals surface area (Å²) >= 11 is 10.9. The summed E-state index contributed by atoms with van der Waals surface area (Å²) in [7, 11) is 0. The molecule has 0 radical (unpaired) electrons. The van der Waals surface area contributed by atoms with Gasteiger partial charge in [0.25, 0.3) is 0 Å². The molecule has 8 heteroatoms. The van der Waals surface area contributed by atoms with Crippen molar-refractivity contribution in [3.8, 4) is 39.0 Å². The lowest BCUT2D eigenvalue weighted by Gasteiger charge is -1.94. The Morgan fingerprint density at radius 2 is 0.786 bits per heavy atom. The second kappa shape index (κ2) is 11.3. The molecule has 0 amide bonds. The van der Waals surface area contributed by atoms with Crippen LogP contribution in [0.25, 0.3) is 60.6 Å². The van der Waals surface area contributed by atoms with E-state index in [4.69, 9.17) is 0 Å². The van der Waals surface area contributed by atoms with Gasteiger partial charge in [-0.25, -0.2) is 0 Å². The molecule has 2 aromatic carbocycles. The summed E-state index contributed by atoms with van der Waals surface area (Å²) in [4.78, 5) is 12.7. The highest BCUT2D eigenvalue weighted by Gasteiger charge is 2.17. The van der Waals surface area contributed by atoms with Gasteiger partial charge in [-0.3, -0.25) is 0 Å². The smallest absolute Gasteiger partial charge is 0.0668 e. The van der Waals surface area contributed by atoms with Crippen LogP contribution in [0.15, 0.2) is 118 Å². The van der Waals surface area contributed by atoms with Crippen molar-refractivity contribution in [2.45, 2.75) is 0 Å². The molecule has 6 aromatic heterocycles. The molecule has 0 aliphatic rings. The molecule has 0 saturated heterocycles. The third kappa shape index (κ3) is 4.84. The average Bonchev–Trinajstić information content (AvgIpc) is 3.87. The van der Waals surface area contributed by atoms with Crippen LogP contribution < -0.4 is 0 Å². The minimum absolute atomic E-state index is 1.09. The minimum atomic E-state index is 1.09. The number of hydrogen-bond donors (Lipinski definition) is 0. The first kappa shape index (κ1) is 26.2. The minimum Gasteiger partial charge on any atom is -0.158 e. The van der Waals surface area contributed by atoms with E-state index in [9.17, 15) is 0 Å². The van der Waals surface area contributed by atoms with Gasteiger partial charge in [-0.2, -0.15) is 10.2 Å². The number of benzene rings is 2. The molecule has 0 atom stereocenters. The summed E-state index contributed by atoms with van der Waals surface area (Å²) in [6, 6.07) is 34.8. The van der Waals surface area contributed by atoms with Gasteiger partial charge in [-0.15, -0.1) is 68.0 Å². The van der Waals surface area contributed by atoms with Crippen molar-refractivity contribution in [1.29, 1.82) is 0 Å². The van der Waals surface area contributed by atoms with Crippen molar-refractivity contribution < 1.29 is 0 Å². The SMILES string of the molecule is C(=N\N=C\c1ccc(-c2sc(-c3cccs3)c3ccccc23)s1)/c1ccc(-c2sc(-c3cccs3)c3ccccc23)s1. The van der Waals surface area contributed by atoms with E-state index in [0.29, 0.717) is 0 Å². The maximum absolute atomic E-state index is 4.39. The first-order chi connectivity index (χ1) is 20.8. The molecule has 0 fully saturated rings. The van der Waals surface area contributed by atoms with E-state index < -0.39 is 0 Å².